The van der Waals surface area contributed by atoms with Crippen LogP contribution in [0.15, 0.2) is 64.4 Å². The number of nitrogens with zero attached hydrogens (tertiary/aromatic N) is 3. The number of ether oxygens (including phenoxy) is 1. The highest BCUT2D eigenvalue weighted by atomic mass is 31.3. The first-order chi connectivity index (χ1) is 18.2. The highest BCUT2D eigenvalue weighted by Gasteiger charge is 2.46. The lowest BCUT2D eigenvalue weighted by Gasteiger charge is -2.19. The van der Waals surface area contributed by atoms with Crippen molar-refractivity contribution in [1.82, 2.24) is 14.1 Å². The third kappa shape index (κ3) is 7.01. The van der Waals surface area contributed by atoms with Crippen molar-refractivity contribution in [2.75, 3.05) is 6.61 Å². The van der Waals surface area contributed by atoms with Crippen molar-refractivity contribution in [3.8, 4) is 11.1 Å². The number of hydrogen-bond acceptors (Lipinski definition) is 10. The average Bonchev–Trinajstić information content (AvgIpc) is 3.13. The van der Waals surface area contributed by atoms with Crippen molar-refractivity contribution in [3.05, 3.63) is 87.2 Å². The lowest BCUT2D eigenvalue weighted by atomic mass is 10.1. The maximum atomic E-state index is 13.3. The van der Waals surface area contributed by atoms with Crippen LogP contribution in [-0.2, 0) is 29.2 Å². The van der Waals surface area contributed by atoms with Gasteiger partial charge >= 0.3 is 21.3 Å². The zero-order chi connectivity index (χ0) is 28.5. The normalized spacial score (nSPS) is 23.0. The molecular formula is C21H22FN3O12P2. The Morgan fingerprint density at radius 3 is 2.36 bits per heavy atom. The summed E-state index contributed by atoms with van der Waals surface area (Å²) in [5, 5.41) is 20.7. The molecule has 5 N–H and O–H groups in total. The highest BCUT2D eigenvalue weighted by molar-refractivity contribution is 7.60. The molecule has 1 aliphatic heterocycles. The van der Waals surface area contributed by atoms with Crippen LogP contribution in [0.25, 0.3) is 11.1 Å². The molecule has 1 aliphatic rings. The van der Waals surface area contributed by atoms with E-state index in [4.69, 9.17) is 14.5 Å². The lowest BCUT2D eigenvalue weighted by molar-refractivity contribution is -0.0547. The maximum absolute atomic E-state index is 13.3. The minimum absolute atomic E-state index is 0.293. The van der Waals surface area contributed by atoms with E-state index in [1.807, 2.05) is 0 Å². The number of phosphoric ester groups is 1. The van der Waals surface area contributed by atoms with E-state index >= 15 is 0 Å². The molecule has 15 nitrogen and oxygen atoms in total. The van der Waals surface area contributed by atoms with Crippen molar-refractivity contribution < 1.29 is 52.0 Å². The first kappa shape index (κ1) is 29.1. The van der Waals surface area contributed by atoms with Crippen molar-refractivity contribution >= 4 is 15.6 Å². The van der Waals surface area contributed by atoms with E-state index in [2.05, 4.69) is 13.8 Å². The van der Waals surface area contributed by atoms with E-state index in [-0.39, 0.29) is 6.54 Å². The van der Waals surface area contributed by atoms with Crippen LogP contribution in [0.4, 0.5) is 4.39 Å². The number of pyridine rings is 1. The number of halogens is 1. The summed E-state index contributed by atoms with van der Waals surface area (Å²) in [5.41, 5.74) is -0.0485. The maximum Gasteiger partial charge on any atom is 0.481 e. The van der Waals surface area contributed by atoms with Gasteiger partial charge in [0.05, 0.1) is 18.8 Å². The molecule has 39 heavy (non-hydrogen) atoms. The quantitative estimate of drug-likeness (QED) is 0.209. The van der Waals surface area contributed by atoms with E-state index in [9.17, 15) is 38.2 Å². The largest absolute Gasteiger partial charge is 0.481 e. The second-order valence-corrected chi connectivity index (χ2v) is 11.2. The van der Waals surface area contributed by atoms with E-state index < -0.39 is 63.9 Å². The van der Waals surface area contributed by atoms with Crippen LogP contribution < -0.4 is 11.2 Å². The molecule has 4 rings (SSSR count). The van der Waals surface area contributed by atoms with Gasteiger partial charge in [-0.25, -0.2) is 18.3 Å². The van der Waals surface area contributed by atoms with Gasteiger partial charge in [0.15, 0.2) is 6.23 Å². The fourth-order valence-electron chi connectivity index (χ4n) is 3.84. The van der Waals surface area contributed by atoms with Gasteiger partial charge in [0.2, 0.25) is 0 Å². The molecule has 1 aromatic carbocycles. The number of hydrogen-bond donors (Lipinski definition) is 5. The SMILES string of the molecule is O=c1ccn([C@@H]2O[C@H](COP(=O)(O)OP(=O)(O)O)C(O)C2O)c(=O)n1Cc1cc(-c2ccc(F)cc2)ccn1. The molecule has 0 bridgehead atoms. The Balaban J connectivity index is 1.55. The van der Waals surface area contributed by atoms with Gasteiger partial charge in [0.25, 0.3) is 5.56 Å². The topological polar surface area (TPSA) is 220 Å². The Bertz CT molecular complexity index is 1560. The van der Waals surface area contributed by atoms with Gasteiger partial charge in [0, 0.05) is 18.5 Å². The average molecular weight is 589 g/mol. The number of aliphatic hydroxyl groups is 2. The van der Waals surface area contributed by atoms with Crippen LogP contribution in [0.3, 0.4) is 0 Å². The van der Waals surface area contributed by atoms with Gasteiger partial charge in [-0.2, -0.15) is 4.31 Å². The van der Waals surface area contributed by atoms with E-state index in [1.54, 1.807) is 24.3 Å². The number of benzene rings is 1. The van der Waals surface area contributed by atoms with Gasteiger partial charge in [0.1, 0.15) is 24.1 Å². The minimum atomic E-state index is -5.39. The predicted molar refractivity (Wildman–Crippen MR) is 129 cm³/mol. The molecule has 0 radical (unpaired) electrons. The number of aliphatic hydroxyl groups excluding tert-OH is 2. The van der Waals surface area contributed by atoms with Crippen molar-refractivity contribution in [3.63, 3.8) is 0 Å². The fraction of sp³-hybridized carbons (Fsp3) is 0.286. The first-order valence-corrected chi connectivity index (χ1v) is 14.1. The van der Waals surface area contributed by atoms with Crippen LogP contribution in [-0.4, -0.2) is 63.9 Å². The number of rotatable bonds is 9. The molecule has 1 fully saturated rings. The number of phosphoric acid groups is 2. The molecule has 0 spiro atoms. The summed E-state index contributed by atoms with van der Waals surface area (Å²) in [7, 11) is -10.7. The molecule has 1 saturated heterocycles. The molecule has 0 saturated carbocycles. The third-order valence-electron chi connectivity index (χ3n) is 5.63. The molecule has 3 aromatic rings. The van der Waals surface area contributed by atoms with Crippen molar-refractivity contribution in [2.24, 2.45) is 0 Å². The zero-order valence-electron chi connectivity index (χ0n) is 19.6. The second-order valence-electron chi connectivity index (χ2n) is 8.36. The van der Waals surface area contributed by atoms with E-state index in [0.717, 1.165) is 21.4 Å². The Morgan fingerprint density at radius 1 is 1.00 bits per heavy atom. The van der Waals surface area contributed by atoms with Crippen LogP contribution >= 0.6 is 15.6 Å². The highest BCUT2D eigenvalue weighted by Crippen LogP contribution is 2.57. The van der Waals surface area contributed by atoms with Gasteiger partial charge < -0.3 is 29.6 Å². The Kier molecular flexibility index (Phi) is 8.44. The summed E-state index contributed by atoms with van der Waals surface area (Å²) in [6.07, 6.45) is -4.20. The minimum Gasteiger partial charge on any atom is -0.387 e. The first-order valence-electron chi connectivity index (χ1n) is 11.0. The summed E-state index contributed by atoms with van der Waals surface area (Å²) in [6.45, 7) is -1.25. The van der Waals surface area contributed by atoms with Crippen LogP contribution in [0, 0.1) is 5.82 Å². The monoisotopic (exact) mass is 589 g/mol. The standard InChI is InChI=1S/C21H22FN3O12P2/c22-14-3-1-12(2-4-14)13-5-7-23-15(9-13)10-25-17(26)6-8-24(21(25)29)20-19(28)18(27)16(36-20)11-35-39(33,34)37-38(30,31)32/h1-9,16,18-20,27-28H,10-11H2,(H,33,34)(H2,30,31,32)/t16-,18?,19?,20-/m1/s1. The van der Waals surface area contributed by atoms with Gasteiger partial charge in [-0.3, -0.25) is 23.4 Å². The van der Waals surface area contributed by atoms with E-state index in [0.29, 0.717) is 16.8 Å². The molecule has 5 atom stereocenters. The Labute approximate surface area is 218 Å². The fourth-order valence-corrected chi connectivity index (χ4v) is 5.44. The molecule has 3 unspecified atom stereocenters. The predicted octanol–water partition coefficient (Wildman–Crippen LogP) is 0.105. The summed E-state index contributed by atoms with van der Waals surface area (Å²) in [6, 6.07) is 9.92. The Hall–Kier alpha value is -2.88. The summed E-state index contributed by atoms with van der Waals surface area (Å²) >= 11 is 0. The summed E-state index contributed by atoms with van der Waals surface area (Å²) in [5.74, 6) is -0.417. The molecule has 0 aliphatic carbocycles. The molecule has 3 heterocycles. The van der Waals surface area contributed by atoms with Crippen LogP contribution in [0.2, 0.25) is 0 Å². The lowest BCUT2D eigenvalue weighted by Crippen LogP contribution is -2.43. The summed E-state index contributed by atoms with van der Waals surface area (Å²) < 4.78 is 50.8. The molecular weight excluding hydrogens is 567 g/mol. The molecule has 210 valence electrons. The smallest absolute Gasteiger partial charge is 0.387 e. The molecule has 0 amide bonds. The van der Waals surface area contributed by atoms with E-state index in [1.165, 1.54) is 18.3 Å². The van der Waals surface area contributed by atoms with Crippen molar-refractivity contribution in [1.29, 1.82) is 0 Å². The second kappa shape index (κ2) is 11.3. The third-order valence-corrected chi connectivity index (χ3v) is 7.78. The zero-order valence-corrected chi connectivity index (χ0v) is 21.4. The van der Waals surface area contributed by atoms with Gasteiger partial charge in [-0.1, -0.05) is 12.1 Å². The van der Waals surface area contributed by atoms with Crippen molar-refractivity contribution in [2.45, 2.75) is 31.1 Å². The Morgan fingerprint density at radius 2 is 1.69 bits per heavy atom. The van der Waals surface area contributed by atoms with Crippen LogP contribution in [0.1, 0.15) is 11.9 Å². The number of aromatic nitrogens is 3. The summed E-state index contributed by atoms with van der Waals surface area (Å²) in [4.78, 5) is 56.6. The molecule has 18 heteroatoms. The van der Waals surface area contributed by atoms with Gasteiger partial charge in [-0.05, 0) is 35.4 Å². The molecule has 2 aromatic heterocycles. The van der Waals surface area contributed by atoms with Crippen LogP contribution in [0.5, 0.6) is 0 Å². The van der Waals surface area contributed by atoms with Gasteiger partial charge in [-0.15, -0.1) is 0 Å².